The van der Waals surface area contributed by atoms with Gasteiger partial charge in [-0.1, -0.05) is 48.0 Å². The Morgan fingerprint density at radius 1 is 1.00 bits per heavy atom. The number of hydrogen-bond acceptors (Lipinski definition) is 7. The first-order valence-corrected chi connectivity index (χ1v) is 10.9. The lowest BCUT2D eigenvalue weighted by Crippen LogP contribution is -2.58. The second-order valence-corrected chi connectivity index (χ2v) is 8.37. The molecule has 2 aromatic carbocycles. The number of ether oxygens (including phenoxy) is 2. The maximum atomic E-state index is 12.3. The number of rotatable bonds is 8. The number of hydrogen-bond donors (Lipinski definition) is 4. The first-order valence-electron chi connectivity index (χ1n) is 10.5. The number of phenolic OH excluding ortho intramolecular Hbond substituents is 1. The van der Waals surface area contributed by atoms with E-state index in [9.17, 15) is 30.0 Å². The fraction of sp³-hybridized carbons (Fsp3) is 0.280. The molecule has 1 fully saturated rings. The molecule has 0 bridgehead atoms. The third kappa shape index (κ3) is 6.68. The Morgan fingerprint density at radius 3 is 2.26 bits per heavy atom. The molecule has 8 nitrogen and oxygen atoms in total. The van der Waals surface area contributed by atoms with Gasteiger partial charge in [-0.05, 0) is 41.5 Å². The average Bonchev–Trinajstić information content (AvgIpc) is 2.80. The van der Waals surface area contributed by atoms with Crippen LogP contribution in [0.4, 0.5) is 0 Å². The molecular formula is C25H25ClO8. The topological polar surface area (TPSA) is 134 Å². The minimum absolute atomic E-state index is 0.0760. The van der Waals surface area contributed by atoms with Gasteiger partial charge in [0.05, 0.1) is 12.7 Å². The van der Waals surface area contributed by atoms with Gasteiger partial charge < -0.3 is 29.9 Å². The number of halogens is 1. The van der Waals surface area contributed by atoms with Gasteiger partial charge in [0, 0.05) is 23.9 Å². The van der Waals surface area contributed by atoms with Crippen LogP contribution in [0.25, 0.3) is 12.2 Å². The maximum Gasteiger partial charge on any atom is 0.336 e. The van der Waals surface area contributed by atoms with Crippen molar-refractivity contribution in [2.75, 3.05) is 6.61 Å². The van der Waals surface area contributed by atoms with E-state index < -0.39 is 35.9 Å². The highest BCUT2D eigenvalue weighted by Crippen LogP contribution is 2.34. The normalized spacial score (nSPS) is 25.0. The van der Waals surface area contributed by atoms with Crippen molar-refractivity contribution < 1.29 is 39.5 Å². The Balaban J connectivity index is 1.65. The quantitative estimate of drug-likeness (QED) is 0.329. The van der Waals surface area contributed by atoms with Crippen LogP contribution in [-0.2, 0) is 19.1 Å². The number of aromatic hydroxyl groups is 1. The van der Waals surface area contributed by atoms with Gasteiger partial charge in [0.2, 0.25) is 0 Å². The molecule has 0 aromatic heterocycles. The third-order valence-corrected chi connectivity index (χ3v) is 5.70. The van der Waals surface area contributed by atoms with Crippen LogP contribution in [0, 0.1) is 0 Å². The van der Waals surface area contributed by atoms with Crippen molar-refractivity contribution in [2.45, 2.75) is 36.8 Å². The second-order valence-electron chi connectivity index (χ2n) is 7.93. The number of carboxylic acids is 1. The Kier molecular flexibility index (Phi) is 8.46. The molecule has 0 amide bonds. The van der Waals surface area contributed by atoms with Crippen molar-refractivity contribution in [3.8, 4) is 5.75 Å². The Bertz CT molecular complexity index is 1050. The molecular weight excluding hydrogens is 464 g/mol. The molecule has 34 heavy (non-hydrogen) atoms. The molecule has 0 aliphatic heterocycles. The highest BCUT2D eigenvalue weighted by molar-refractivity contribution is 6.30. The number of aliphatic carboxylic acids is 1. The smallest absolute Gasteiger partial charge is 0.336 e. The summed E-state index contributed by atoms with van der Waals surface area (Å²) in [6, 6.07) is 13.1. The summed E-state index contributed by atoms with van der Waals surface area (Å²) in [6.07, 6.45) is 0.962. The number of esters is 1. The van der Waals surface area contributed by atoms with E-state index in [1.165, 1.54) is 18.2 Å². The number of carbonyl (C=O) groups is 2. The number of carboxylic acid groups (broad SMARTS) is 1. The van der Waals surface area contributed by atoms with Gasteiger partial charge in [-0.3, -0.25) is 0 Å². The highest BCUT2D eigenvalue weighted by atomic mass is 35.5. The van der Waals surface area contributed by atoms with Gasteiger partial charge in [0.25, 0.3) is 0 Å². The van der Waals surface area contributed by atoms with Crippen molar-refractivity contribution in [3.63, 3.8) is 0 Å². The summed E-state index contributed by atoms with van der Waals surface area (Å²) < 4.78 is 10.9. The lowest BCUT2D eigenvalue weighted by atomic mass is 9.79. The van der Waals surface area contributed by atoms with Crippen molar-refractivity contribution in [1.29, 1.82) is 0 Å². The van der Waals surface area contributed by atoms with Crippen molar-refractivity contribution in [2.24, 2.45) is 0 Å². The molecule has 1 saturated carbocycles. The van der Waals surface area contributed by atoms with Crippen LogP contribution in [0.2, 0.25) is 5.02 Å². The van der Waals surface area contributed by atoms with Gasteiger partial charge in [0.15, 0.2) is 5.60 Å². The van der Waals surface area contributed by atoms with Crippen molar-refractivity contribution >= 4 is 35.7 Å². The lowest BCUT2D eigenvalue weighted by molar-refractivity contribution is -0.204. The molecule has 0 heterocycles. The number of aliphatic hydroxyl groups excluding tert-OH is 2. The molecule has 9 heteroatoms. The minimum atomic E-state index is -1.85. The molecule has 4 N–H and O–H groups in total. The van der Waals surface area contributed by atoms with Gasteiger partial charge in [-0.2, -0.15) is 0 Å². The van der Waals surface area contributed by atoms with Crippen LogP contribution in [-0.4, -0.2) is 62.9 Å². The SMILES string of the molecule is O=C(/C=C/c1ccc(O)cc1)OC1CC(OC/C=C\c2ccc(Cl)cc2)(C(=O)O)CC(O)C1O. The standard InChI is InChI=1S/C25H25ClO8/c26-18-8-3-16(4-9-18)2-1-13-33-25(24(31)32)14-20(28)23(30)21(15-25)34-22(29)12-7-17-5-10-19(27)11-6-17/h1-12,20-21,23,27-28,30H,13-15H2,(H,31,32)/b2-1-,12-7+. The molecule has 1 aliphatic rings. The Labute approximate surface area is 201 Å². The summed E-state index contributed by atoms with van der Waals surface area (Å²) in [5.74, 6) is -2.08. The Morgan fingerprint density at radius 2 is 1.62 bits per heavy atom. The lowest BCUT2D eigenvalue weighted by Gasteiger charge is -2.41. The van der Waals surface area contributed by atoms with Crippen LogP contribution >= 0.6 is 11.6 Å². The zero-order valence-electron chi connectivity index (χ0n) is 18.1. The molecule has 1 aliphatic carbocycles. The van der Waals surface area contributed by atoms with Crippen LogP contribution in [0.1, 0.15) is 24.0 Å². The summed E-state index contributed by atoms with van der Waals surface area (Å²) in [7, 11) is 0. The third-order valence-electron chi connectivity index (χ3n) is 5.44. The first kappa shape index (κ1) is 25.5. The molecule has 2 aromatic rings. The number of carbonyl (C=O) groups excluding carboxylic acids is 1. The molecule has 4 atom stereocenters. The maximum absolute atomic E-state index is 12.3. The molecule has 0 radical (unpaired) electrons. The zero-order chi connectivity index (χ0) is 24.7. The summed E-state index contributed by atoms with van der Waals surface area (Å²) in [4.78, 5) is 24.3. The summed E-state index contributed by atoms with van der Waals surface area (Å²) in [5, 5.41) is 40.3. The summed E-state index contributed by atoms with van der Waals surface area (Å²) in [6.45, 7) is -0.0842. The zero-order valence-corrected chi connectivity index (χ0v) is 18.8. The van der Waals surface area contributed by atoms with Gasteiger partial charge in [0.1, 0.15) is 18.0 Å². The van der Waals surface area contributed by atoms with Crippen LogP contribution < -0.4 is 0 Å². The van der Waals surface area contributed by atoms with Crippen molar-refractivity contribution in [3.05, 3.63) is 76.8 Å². The van der Waals surface area contributed by atoms with Crippen LogP contribution in [0.15, 0.2) is 60.7 Å². The van der Waals surface area contributed by atoms with E-state index in [0.717, 1.165) is 11.6 Å². The Hall–Kier alpha value is -3.17. The molecule has 0 spiro atoms. The first-order chi connectivity index (χ1) is 16.2. The van der Waals surface area contributed by atoms with Gasteiger partial charge in [-0.15, -0.1) is 0 Å². The fourth-order valence-electron chi connectivity index (χ4n) is 3.60. The molecule has 3 rings (SSSR count). The van der Waals surface area contributed by atoms with Gasteiger partial charge >= 0.3 is 11.9 Å². The van der Waals surface area contributed by atoms with E-state index in [0.29, 0.717) is 10.6 Å². The largest absolute Gasteiger partial charge is 0.508 e. The van der Waals surface area contributed by atoms with E-state index >= 15 is 0 Å². The second kappa shape index (κ2) is 11.3. The summed E-state index contributed by atoms with van der Waals surface area (Å²) >= 11 is 5.85. The summed E-state index contributed by atoms with van der Waals surface area (Å²) in [5.41, 5.74) is -0.396. The highest BCUT2D eigenvalue weighted by Gasteiger charge is 2.52. The molecule has 180 valence electrons. The number of benzene rings is 2. The fourth-order valence-corrected chi connectivity index (χ4v) is 3.73. The predicted octanol–water partition coefficient (Wildman–Crippen LogP) is 3.04. The number of phenols is 1. The number of aliphatic hydroxyl groups is 2. The van der Waals surface area contributed by atoms with E-state index in [1.54, 1.807) is 48.6 Å². The molecule has 4 unspecified atom stereocenters. The van der Waals surface area contributed by atoms with E-state index in [-0.39, 0.29) is 25.2 Å². The van der Waals surface area contributed by atoms with E-state index in [2.05, 4.69) is 0 Å². The molecule has 0 saturated heterocycles. The van der Waals surface area contributed by atoms with Gasteiger partial charge in [-0.25, -0.2) is 9.59 Å². The van der Waals surface area contributed by atoms with E-state index in [1.807, 2.05) is 0 Å². The van der Waals surface area contributed by atoms with Crippen LogP contribution in [0.3, 0.4) is 0 Å². The minimum Gasteiger partial charge on any atom is -0.508 e. The van der Waals surface area contributed by atoms with Crippen LogP contribution in [0.5, 0.6) is 5.75 Å². The van der Waals surface area contributed by atoms with E-state index in [4.69, 9.17) is 21.1 Å². The average molecular weight is 489 g/mol. The monoisotopic (exact) mass is 488 g/mol. The predicted molar refractivity (Wildman–Crippen MR) is 125 cm³/mol. The van der Waals surface area contributed by atoms with Crippen molar-refractivity contribution in [1.82, 2.24) is 0 Å².